The molecule has 1 fully saturated rings. The third-order valence-electron chi connectivity index (χ3n) is 8.02. The minimum Gasteiger partial charge on any atom is -0.352 e. The van der Waals surface area contributed by atoms with Gasteiger partial charge in [0.05, 0.1) is 11.9 Å². The Morgan fingerprint density at radius 3 is 2.14 bits per heavy atom. The molecule has 43 heavy (non-hydrogen) atoms. The summed E-state index contributed by atoms with van der Waals surface area (Å²) in [5, 5.41) is 3.80. The molecule has 230 valence electrons. The summed E-state index contributed by atoms with van der Waals surface area (Å²) in [5.74, 6) is -0.362. The maximum absolute atomic E-state index is 14.0. The zero-order valence-corrected chi connectivity index (χ0v) is 26.6. The summed E-state index contributed by atoms with van der Waals surface area (Å²) in [6.07, 6.45) is 6.85. The van der Waals surface area contributed by atoms with Gasteiger partial charge in [0.2, 0.25) is 21.8 Å². The fraction of sp³-hybridized carbons (Fsp3) is 0.412. The lowest BCUT2D eigenvalue weighted by atomic mass is 10.0. The van der Waals surface area contributed by atoms with Crippen LogP contribution in [0.15, 0.2) is 78.9 Å². The number of nitrogens with one attached hydrogen (secondary N) is 1. The monoisotopic (exact) mass is 623 g/mol. The molecule has 2 amide bonds. The van der Waals surface area contributed by atoms with Crippen molar-refractivity contribution in [2.75, 3.05) is 17.1 Å². The Balaban J connectivity index is 1.57. The predicted molar refractivity (Wildman–Crippen MR) is 174 cm³/mol. The van der Waals surface area contributed by atoms with Gasteiger partial charge in [-0.15, -0.1) is 0 Å². The van der Waals surface area contributed by atoms with E-state index in [0.717, 1.165) is 48.8 Å². The van der Waals surface area contributed by atoms with Crippen molar-refractivity contribution in [2.24, 2.45) is 0 Å². The summed E-state index contributed by atoms with van der Waals surface area (Å²) < 4.78 is 26.7. The number of nitrogens with zero attached hydrogens (tertiary/aromatic N) is 2. The van der Waals surface area contributed by atoms with E-state index in [1.165, 1.54) is 10.6 Å². The highest BCUT2D eigenvalue weighted by Gasteiger charge is 2.32. The smallest absolute Gasteiger partial charge is 0.243 e. The molecule has 1 aliphatic carbocycles. The first-order chi connectivity index (χ1) is 20.6. The van der Waals surface area contributed by atoms with Crippen LogP contribution >= 0.6 is 11.6 Å². The highest BCUT2D eigenvalue weighted by atomic mass is 35.5. The minimum absolute atomic E-state index is 0.0919. The molecule has 1 atom stereocenters. The lowest BCUT2D eigenvalue weighted by Gasteiger charge is -2.33. The zero-order valence-electron chi connectivity index (χ0n) is 25.0. The van der Waals surface area contributed by atoms with Crippen LogP contribution in [-0.4, -0.2) is 50.0 Å². The van der Waals surface area contributed by atoms with Crippen molar-refractivity contribution < 1.29 is 18.0 Å². The molecule has 0 saturated heterocycles. The molecule has 1 saturated carbocycles. The van der Waals surface area contributed by atoms with E-state index in [1.54, 1.807) is 29.2 Å². The summed E-state index contributed by atoms with van der Waals surface area (Å²) in [7, 11) is -3.56. The molecule has 0 spiro atoms. The summed E-state index contributed by atoms with van der Waals surface area (Å²) in [4.78, 5) is 29.5. The van der Waals surface area contributed by atoms with Gasteiger partial charge in [-0.3, -0.25) is 13.9 Å². The Hall–Kier alpha value is -3.36. The predicted octanol–water partition coefficient (Wildman–Crippen LogP) is 6.15. The number of halogens is 1. The average molecular weight is 624 g/mol. The SMILES string of the molecule is CCc1ccc(N(CCCC(=O)N(Cc2ccc(Cl)cc2)C(Cc2ccccc2)C(=O)NC2CCCC2)S(C)(=O)=O)cc1. The van der Waals surface area contributed by atoms with Crippen molar-refractivity contribution in [3.05, 3.63) is 101 Å². The first-order valence-electron chi connectivity index (χ1n) is 15.1. The van der Waals surface area contributed by atoms with Gasteiger partial charge in [-0.2, -0.15) is 0 Å². The molecule has 0 aliphatic heterocycles. The molecule has 1 aliphatic rings. The van der Waals surface area contributed by atoms with E-state index < -0.39 is 16.1 Å². The molecule has 0 bridgehead atoms. The molecule has 3 aromatic rings. The fourth-order valence-corrected chi connectivity index (χ4v) is 6.70. The second-order valence-corrected chi connectivity index (χ2v) is 13.6. The Morgan fingerprint density at radius 1 is 0.907 bits per heavy atom. The van der Waals surface area contributed by atoms with E-state index in [1.807, 2.05) is 61.5 Å². The van der Waals surface area contributed by atoms with Crippen molar-refractivity contribution in [1.29, 1.82) is 0 Å². The molecule has 4 rings (SSSR count). The number of carbonyl (C=O) groups is 2. The second-order valence-electron chi connectivity index (χ2n) is 11.3. The number of hydrogen-bond acceptors (Lipinski definition) is 4. The highest BCUT2D eigenvalue weighted by molar-refractivity contribution is 7.92. The van der Waals surface area contributed by atoms with Gasteiger partial charge in [-0.1, -0.05) is 86.0 Å². The quantitative estimate of drug-likeness (QED) is 0.233. The topological polar surface area (TPSA) is 86.8 Å². The zero-order chi connectivity index (χ0) is 30.8. The van der Waals surface area contributed by atoms with Crippen LogP contribution in [0.2, 0.25) is 5.02 Å². The Kier molecular flexibility index (Phi) is 11.7. The van der Waals surface area contributed by atoms with Crippen molar-refractivity contribution in [1.82, 2.24) is 10.2 Å². The van der Waals surface area contributed by atoms with Crippen LogP contribution in [0.4, 0.5) is 5.69 Å². The van der Waals surface area contributed by atoms with E-state index >= 15 is 0 Å². The lowest BCUT2D eigenvalue weighted by Crippen LogP contribution is -2.52. The van der Waals surface area contributed by atoms with Crippen LogP contribution in [0.1, 0.15) is 62.1 Å². The summed E-state index contributed by atoms with van der Waals surface area (Å²) in [6.45, 7) is 2.44. The number of sulfonamides is 1. The number of carbonyl (C=O) groups excluding carboxylic acids is 2. The molecular formula is C34H42ClN3O4S. The Morgan fingerprint density at radius 2 is 1.53 bits per heavy atom. The first kappa shape index (κ1) is 32.6. The molecule has 0 aromatic heterocycles. The number of amides is 2. The number of rotatable bonds is 14. The largest absolute Gasteiger partial charge is 0.352 e. The molecule has 3 aromatic carbocycles. The Bertz CT molecular complexity index is 1440. The number of aryl methyl sites for hydroxylation is 1. The molecule has 1 unspecified atom stereocenters. The van der Waals surface area contributed by atoms with E-state index in [4.69, 9.17) is 11.6 Å². The standard InChI is InChI=1S/C34H42ClN3O4S/c1-3-26-17-21-31(22-18-26)38(43(2,41)42)23-9-14-33(39)37(25-28-15-19-29(35)20-16-28)32(24-27-10-5-4-6-11-27)34(40)36-30-12-7-8-13-30/h4-6,10-11,15-22,30,32H,3,7-9,12-14,23-25H2,1-2H3,(H,36,40). The second kappa shape index (κ2) is 15.4. The van der Waals surface area contributed by atoms with Crippen LogP contribution in [0.5, 0.6) is 0 Å². The number of benzene rings is 3. The molecule has 1 N–H and O–H groups in total. The van der Waals surface area contributed by atoms with Crippen molar-refractivity contribution in [2.45, 2.75) is 76.9 Å². The van der Waals surface area contributed by atoms with E-state index in [2.05, 4.69) is 5.32 Å². The maximum Gasteiger partial charge on any atom is 0.243 e. The maximum atomic E-state index is 14.0. The van der Waals surface area contributed by atoms with Gasteiger partial charge in [0.15, 0.2) is 0 Å². The van der Waals surface area contributed by atoms with E-state index in [9.17, 15) is 18.0 Å². The van der Waals surface area contributed by atoms with Crippen molar-refractivity contribution in [3.63, 3.8) is 0 Å². The van der Waals surface area contributed by atoms with Gasteiger partial charge in [0.1, 0.15) is 6.04 Å². The number of hydrogen-bond donors (Lipinski definition) is 1. The molecule has 7 nitrogen and oxygen atoms in total. The molecule has 9 heteroatoms. The van der Waals surface area contributed by atoms with Crippen LogP contribution in [0.3, 0.4) is 0 Å². The average Bonchev–Trinajstić information content (AvgIpc) is 3.51. The van der Waals surface area contributed by atoms with Crippen LogP contribution in [0.25, 0.3) is 0 Å². The lowest BCUT2D eigenvalue weighted by molar-refractivity contribution is -0.141. The van der Waals surface area contributed by atoms with Crippen molar-refractivity contribution in [3.8, 4) is 0 Å². The third-order valence-corrected chi connectivity index (χ3v) is 9.47. The van der Waals surface area contributed by atoms with Gasteiger partial charge >= 0.3 is 0 Å². The molecule has 0 heterocycles. The van der Waals surface area contributed by atoms with Gasteiger partial charge in [-0.25, -0.2) is 8.42 Å². The van der Waals surface area contributed by atoms with Crippen LogP contribution in [0, 0.1) is 0 Å². The Labute approximate surface area is 261 Å². The summed E-state index contributed by atoms with van der Waals surface area (Å²) in [6, 6.07) is 23.8. The van der Waals surface area contributed by atoms with Gasteiger partial charge in [-0.05, 0) is 66.6 Å². The van der Waals surface area contributed by atoms with Crippen LogP contribution in [-0.2, 0) is 39.0 Å². The minimum atomic E-state index is -3.56. The van der Waals surface area contributed by atoms with Crippen molar-refractivity contribution >= 4 is 39.1 Å². The third kappa shape index (κ3) is 9.57. The summed E-state index contributed by atoms with van der Waals surface area (Å²) in [5.41, 5.74) is 3.51. The first-order valence-corrected chi connectivity index (χ1v) is 17.3. The van der Waals surface area contributed by atoms with Gasteiger partial charge < -0.3 is 10.2 Å². The van der Waals surface area contributed by atoms with Gasteiger partial charge in [0.25, 0.3) is 0 Å². The summed E-state index contributed by atoms with van der Waals surface area (Å²) >= 11 is 6.13. The van der Waals surface area contributed by atoms with E-state index in [0.29, 0.717) is 23.6 Å². The molecular weight excluding hydrogens is 582 g/mol. The highest BCUT2D eigenvalue weighted by Crippen LogP contribution is 2.23. The van der Waals surface area contributed by atoms with E-state index in [-0.39, 0.29) is 37.4 Å². The van der Waals surface area contributed by atoms with Gasteiger partial charge in [0, 0.05) is 37.0 Å². The fourth-order valence-electron chi connectivity index (χ4n) is 5.61. The number of anilines is 1. The molecule has 0 radical (unpaired) electrons. The normalized spacial score (nSPS) is 14.3. The van der Waals surface area contributed by atoms with Crippen LogP contribution < -0.4 is 9.62 Å².